The number of rotatable bonds is 2. The molecule has 1 aromatic rings. The van der Waals surface area contributed by atoms with E-state index >= 15 is 0 Å². The van der Waals surface area contributed by atoms with Crippen LogP contribution in [0.3, 0.4) is 0 Å². The van der Waals surface area contributed by atoms with Gasteiger partial charge in [-0.15, -0.1) is 12.3 Å². The number of aryl methyl sites for hydroxylation is 1. The average Bonchev–Trinajstić information content (AvgIpc) is 2.19. The maximum absolute atomic E-state index is 13.0. The average molecular weight is 275 g/mol. The summed E-state index contributed by atoms with van der Waals surface area (Å²) in [7, 11) is 0. The minimum atomic E-state index is -2.80. The summed E-state index contributed by atoms with van der Waals surface area (Å²) in [4.78, 5) is 0. The monoisotopic (exact) mass is 275 g/mol. The van der Waals surface area contributed by atoms with Gasteiger partial charge in [0.05, 0.1) is 0 Å². The molecule has 0 aliphatic heterocycles. The molecule has 0 aliphatic rings. The van der Waals surface area contributed by atoms with Crippen LogP contribution in [-0.4, -0.2) is 0 Å². The first-order valence-corrected chi connectivity index (χ1v) is 5.36. The molecular weight excluding hydrogens is 257 g/mol. The van der Waals surface area contributed by atoms with Gasteiger partial charge in [-0.05, 0) is 18.6 Å². The summed E-state index contributed by atoms with van der Waals surface area (Å²) in [5.41, 5.74) is 1.61. The van der Waals surface area contributed by atoms with Crippen molar-refractivity contribution in [2.24, 2.45) is 0 Å². The number of benzene rings is 1. The number of hydrogen-bond acceptors (Lipinski definition) is 0. The van der Waals surface area contributed by atoms with Gasteiger partial charge in [0, 0.05) is 37.5 Å². The van der Waals surface area contributed by atoms with Gasteiger partial charge in [0.25, 0.3) is 5.92 Å². The van der Waals surface area contributed by atoms with Gasteiger partial charge in [0.2, 0.25) is 0 Å². The first-order valence-electron chi connectivity index (χ1n) is 5.36. The van der Waals surface area contributed by atoms with Gasteiger partial charge in [0.1, 0.15) is 0 Å². The normalized spacial score (nSPS) is 9.47. The van der Waals surface area contributed by atoms with E-state index in [9.17, 15) is 8.78 Å². The van der Waals surface area contributed by atoms with Crippen molar-refractivity contribution in [2.45, 2.75) is 40.0 Å². The Labute approximate surface area is 115 Å². The van der Waals surface area contributed by atoms with Crippen LogP contribution in [0.25, 0.3) is 0 Å². The zero-order chi connectivity index (χ0) is 12.8. The predicted octanol–water partition coefficient (Wildman–Crippen LogP) is 4.31. The third-order valence-electron chi connectivity index (χ3n) is 1.95. The smallest absolute Gasteiger partial charge is 0.202 e. The molecular formula is C14H18F2V. The maximum atomic E-state index is 13.0. The molecule has 0 bridgehead atoms. The van der Waals surface area contributed by atoms with Crippen LogP contribution < -0.4 is 0 Å². The van der Waals surface area contributed by atoms with Crippen LogP contribution in [0, 0.1) is 19.3 Å². The number of alkyl halides is 2. The maximum Gasteiger partial charge on any atom is 0.270 e. The predicted molar refractivity (Wildman–Crippen MR) is 64.6 cm³/mol. The quantitative estimate of drug-likeness (QED) is 0.706. The van der Waals surface area contributed by atoms with Crippen LogP contribution in [0.5, 0.6) is 0 Å². The van der Waals surface area contributed by atoms with Gasteiger partial charge < -0.3 is 0 Å². The molecule has 0 fully saturated rings. The molecule has 93 valence electrons. The van der Waals surface area contributed by atoms with E-state index < -0.39 is 5.92 Å². The Kier molecular flexibility index (Phi) is 9.11. The Morgan fingerprint density at radius 3 is 2.18 bits per heavy atom. The topological polar surface area (TPSA) is 0 Å². The van der Waals surface area contributed by atoms with Gasteiger partial charge in [-0.3, -0.25) is 0 Å². The van der Waals surface area contributed by atoms with Crippen LogP contribution in [0.1, 0.15) is 37.5 Å². The molecule has 1 radical (unpaired) electrons. The fourth-order valence-corrected chi connectivity index (χ4v) is 1.34. The molecule has 0 atom stereocenters. The third kappa shape index (κ3) is 6.51. The Morgan fingerprint density at radius 2 is 1.76 bits per heavy atom. The molecule has 17 heavy (non-hydrogen) atoms. The van der Waals surface area contributed by atoms with Gasteiger partial charge in [-0.2, -0.15) is 0 Å². The number of halogens is 2. The van der Waals surface area contributed by atoms with Crippen molar-refractivity contribution < 1.29 is 27.3 Å². The molecule has 0 unspecified atom stereocenters. The Balaban J connectivity index is 0. The largest absolute Gasteiger partial charge is 0.270 e. The fraction of sp³-hybridized carbons (Fsp3) is 0.429. The standard InChI is InChI=1S/C12H12F2.C2H6.V/c1-4-5-10-6-9(2)7-11(8-10)12(3,13)14;1-2;/h1,6-8H,5H2,2-3H3;1-2H3;. The van der Waals surface area contributed by atoms with E-state index in [-0.39, 0.29) is 24.1 Å². The Hall–Kier alpha value is -0.776. The zero-order valence-electron chi connectivity index (χ0n) is 10.7. The summed E-state index contributed by atoms with van der Waals surface area (Å²) in [6, 6.07) is 4.78. The number of hydrogen-bond donors (Lipinski definition) is 0. The Bertz CT molecular complexity index is 373. The molecule has 0 aromatic heterocycles. The van der Waals surface area contributed by atoms with Crippen LogP contribution in [0.2, 0.25) is 0 Å². The third-order valence-corrected chi connectivity index (χ3v) is 1.95. The van der Waals surface area contributed by atoms with Crippen molar-refractivity contribution in [3.05, 3.63) is 34.9 Å². The molecule has 0 spiro atoms. The van der Waals surface area contributed by atoms with Crippen molar-refractivity contribution in [3.63, 3.8) is 0 Å². The van der Waals surface area contributed by atoms with Gasteiger partial charge in [-0.25, -0.2) is 8.78 Å². The second-order valence-corrected chi connectivity index (χ2v) is 3.48. The van der Waals surface area contributed by atoms with Crippen molar-refractivity contribution >= 4 is 0 Å². The van der Waals surface area contributed by atoms with Gasteiger partial charge in [-0.1, -0.05) is 31.5 Å². The SMILES string of the molecule is C#CCc1cc(C)cc(C(C)(F)F)c1.CC.[V]. The summed E-state index contributed by atoms with van der Waals surface area (Å²) >= 11 is 0. The molecule has 3 heteroatoms. The van der Waals surface area contributed by atoms with Crippen molar-refractivity contribution in [3.8, 4) is 12.3 Å². The van der Waals surface area contributed by atoms with E-state index in [1.54, 1.807) is 6.92 Å². The molecule has 0 nitrogen and oxygen atoms in total. The van der Waals surface area contributed by atoms with Crippen molar-refractivity contribution in [1.82, 2.24) is 0 Å². The van der Waals surface area contributed by atoms with Crippen LogP contribution in [-0.2, 0) is 30.9 Å². The van der Waals surface area contributed by atoms with Crippen LogP contribution >= 0.6 is 0 Å². The minimum absolute atomic E-state index is 0. The molecule has 0 heterocycles. The number of terminal acetylenes is 1. The first-order chi connectivity index (χ1) is 7.43. The van der Waals surface area contributed by atoms with Crippen LogP contribution in [0.4, 0.5) is 8.78 Å². The molecule has 1 aromatic carbocycles. The van der Waals surface area contributed by atoms with Gasteiger partial charge >= 0.3 is 0 Å². The fourth-order valence-electron chi connectivity index (χ4n) is 1.34. The summed E-state index contributed by atoms with van der Waals surface area (Å²) in [5, 5.41) is 0. The molecule has 0 aliphatic carbocycles. The molecule has 0 amide bonds. The van der Waals surface area contributed by atoms with Crippen molar-refractivity contribution in [2.75, 3.05) is 0 Å². The van der Waals surface area contributed by atoms with Crippen molar-refractivity contribution in [1.29, 1.82) is 0 Å². The zero-order valence-corrected chi connectivity index (χ0v) is 12.1. The summed E-state index contributed by atoms with van der Waals surface area (Å²) in [6.07, 6.45) is 5.53. The van der Waals surface area contributed by atoms with E-state index in [1.807, 2.05) is 19.9 Å². The first kappa shape index (κ1) is 18.6. The van der Waals surface area contributed by atoms with E-state index in [1.165, 1.54) is 12.1 Å². The van der Waals surface area contributed by atoms with E-state index in [0.29, 0.717) is 6.42 Å². The van der Waals surface area contributed by atoms with E-state index in [0.717, 1.165) is 18.1 Å². The summed E-state index contributed by atoms with van der Waals surface area (Å²) in [5.74, 6) is -0.351. The summed E-state index contributed by atoms with van der Waals surface area (Å²) in [6.45, 7) is 6.68. The summed E-state index contributed by atoms with van der Waals surface area (Å²) < 4.78 is 26.0. The van der Waals surface area contributed by atoms with E-state index in [2.05, 4.69) is 5.92 Å². The molecule has 0 N–H and O–H groups in total. The molecule has 1 rings (SSSR count). The second kappa shape index (κ2) is 8.33. The Morgan fingerprint density at radius 1 is 1.24 bits per heavy atom. The minimum Gasteiger partial charge on any atom is -0.202 e. The molecule has 0 saturated heterocycles. The van der Waals surface area contributed by atoms with Gasteiger partial charge in [0.15, 0.2) is 0 Å². The van der Waals surface area contributed by atoms with E-state index in [4.69, 9.17) is 6.42 Å². The second-order valence-electron chi connectivity index (χ2n) is 3.48. The molecule has 0 saturated carbocycles. The van der Waals surface area contributed by atoms with Crippen LogP contribution in [0.15, 0.2) is 18.2 Å².